The molecule has 2 heterocycles. The Hall–Kier alpha value is -1.11. The van der Waals surface area contributed by atoms with Gasteiger partial charge in [0.25, 0.3) is 0 Å². The molecular weight excluding hydrogens is 376 g/mol. The summed E-state index contributed by atoms with van der Waals surface area (Å²) in [7, 11) is 1.54. The molecule has 1 N–H and O–H groups in total. The third-order valence-corrected chi connectivity index (χ3v) is 4.98. The minimum atomic E-state index is -1.25. The predicted octanol–water partition coefficient (Wildman–Crippen LogP) is -0.557. The first-order valence-corrected chi connectivity index (χ1v) is 8.06. The van der Waals surface area contributed by atoms with Crippen LogP contribution in [0.2, 0.25) is 10.0 Å². The van der Waals surface area contributed by atoms with Crippen LogP contribution in [0.5, 0.6) is 11.5 Å². The molecule has 0 radical (unpaired) electrons. The topological polar surface area (TPSA) is 70.6 Å². The van der Waals surface area contributed by atoms with Crippen molar-refractivity contribution in [2.75, 3.05) is 12.4 Å². The first-order chi connectivity index (χ1) is 11.5. The number of rotatable bonds is 2. The van der Waals surface area contributed by atoms with Crippen LogP contribution < -0.4 is 49.5 Å². The average molecular weight is 388 g/mol. The van der Waals surface area contributed by atoms with Crippen molar-refractivity contribution in [1.29, 1.82) is 0 Å². The number of fused-ring (bicyclic) bond motifs is 5. The molecule has 25 heavy (non-hydrogen) atoms. The molecule has 3 atom stereocenters. The molecule has 0 amide bonds. The van der Waals surface area contributed by atoms with E-state index in [0.29, 0.717) is 27.2 Å². The van der Waals surface area contributed by atoms with Crippen molar-refractivity contribution < 1.29 is 48.9 Å². The summed E-state index contributed by atoms with van der Waals surface area (Å²) >= 11 is 12.5. The van der Waals surface area contributed by atoms with Gasteiger partial charge >= 0.3 is 29.6 Å². The number of hydrogen-bond donors (Lipinski definition) is 1. The van der Waals surface area contributed by atoms with E-state index in [0.717, 1.165) is 11.1 Å². The maximum Gasteiger partial charge on any atom is 1.00 e. The maximum absolute atomic E-state index is 11.6. The summed E-state index contributed by atoms with van der Waals surface area (Å²) < 4.78 is 11.3. The molecule has 0 bridgehead atoms. The van der Waals surface area contributed by atoms with Gasteiger partial charge in [-0.2, -0.15) is 0 Å². The number of carbonyl (C=O) groups is 1. The van der Waals surface area contributed by atoms with Crippen LogP contribution in [-0.2, 0) is 4.79 Å². The van der Waals surface area contributed by atoms with E-state index in [1.165, 1.54) is 7.11 Å². The van der Waals surface area contributed by atoms with Crippen LogP contribution in [0.1, 0.15) is 17.0 Å². The number of aliphatic carboxylic acids is 1. The summed E-state index contributed by atoms with van der Waals surface area (Å²) in [6.45, 7) is 0. The van der Waals surface area contributed by atoms with Crippen LogP contribution in [0.25, 0.3) is 0 Å². The average Bonchev–Trinajstić information content (AvgIpc) is 2.92. The number of hydrogen-bond acceptors (Lipinski definition) is 5. The quantitative estimate of drug-likeness (QED) is 0.699. The van der Waals surface area contributed by atoms with Gasteiger partial charge < -0.3 is 24.7 Å². The molecule has 0 fully saturated rings. The predicted molar refractivity (Wildman–Crippen MR) is 88.1 cm³/mol. The minimum Gasteiger partial charge on any atom is -0.548 e. The molecule has 2 aromatic carbocycles. The molecule has 0 saturated heterocycles. The van der Waals surface area contributed by atoms with Crippen LogP contribution in [0, 0.1) is 0 Å². The van der Waals surface area contributed by atoms with Gasteiger partial charge in [-0.3, -0.25) is 0 Å². The molecule has 0 aromatic heterocycles. The number of halogens is 2. The van der Waals surface area contributed by atoms with E-state index in [4.69, 9.17) is 32.7 Å². The summed E-state index contributed by atoms with van der Waals surface area (Å²) in [5.41, 5.74) is 2.16. The van der Waals surface area contributed by atoms with E-state index in [2.05, 4.69) is 5.32 Å². The second kappa shape index (κ2) is 6.89. The fraction of sp³-hybridized carbons (Fsp3) is 0.235. The molecule has 0 saturated carbocycles. The molecule has 8 heteroatoms. The minimum absolute atomic E-state index is 0. The smallest absolute Gasteiger partial charge is 0.548 e. The number of carboxylic acids is 1. The van der Waals surface area contributed by atoms with E-state index in [1.54, 1.807) is 18.2 Å². The van der Waals surface area contributed by atoms with Crippen molar-refractivity contribution in [2.45, 2.75) is 18.1 Å². The van der Waals surface area contributed by atoms with E-state index < -0.39 is 18.1 Å². The van der Waals surface area contributed by atoms with Crippen molar-refractivity contribution in [1.82, 2.24) is 0 Å². The Morgan fingerprint density at radius 1 is 1.32 bits per heavy atom. The van der Waals surface area contributed by atoms with Gasteiger partial charge in [-0.25, -0.2) is 0 Å². The van der Waals surface area contributed by atoms with Gasteiger partial charge in [0.05, 0.1) is 19.0 Å². The standard InChI is InChI=1S/C17H13Cl2NO4.Na/c1-23-11-4-2-3-8-12-13-9(19)5-7(18)6-10(13)20-14(17(21)22)16(12)24-15(8)11;/h2-6,12,14,16,20H,1H3,(H,21,22);/q;+1/p-1. The van der Waals surface area contributed by atoms with Crippen molar-refractivity contribution in [3.63, 3.8) is 0 Å². The fourth-order valence-electron chi connectivity index (χ4n) is 3.49. The van der Waals surface area contributed by atoms with Crippen molar-refractivity contribution in [3.05, 3.63) is 51.5 Å². The molecule has 4 rings (SSSR count). The second-order valence-corrected chi connectivity index (χ2v) is 6.57. The molecule has 2 aliphatic rings. The number of para-hydroxylation sites is 1. The van der Waals surface area contributed by atoms with E-state index in [9.17, 15) is 9.90 Å². The maximum atomic E-state index is 11.6. The summed E-state index contributed by atoms with van der Waals surface area (Å²) in [6, 6.07) is 7.75. The second-order valence-electron chi connectivity index (χ2n) is 5.73. The molecule has 0 aliphatic carbocycles. The molecule has 0 spiro atoms. The summed E-state index contributed by atoms with van der Waals surface area (Å²) in [4.78, 5) is 11.6. The fourth-order valence-corrected chi connectivity index (χ4v) is 4.10. The van der Waals surface area contributed by atoms with Crippen molar-refractivity contribution >= 4 is 34.9 Å². The number of nitrogens with one attached hydrogen (secondary N) is 1. The molecule has 124 valence electrons. The van der Waals surface area contributed by atoms with Gasteiger partial charge in [-0.1, -0.05) is 35.3 Å². The Bertz CT molecular complexity index is 861. The molecule has 5 nitrogen and oxygen atoms in total. The molecule has 2 aromatic rings. The molecule has 2 aliphatic heterocycles. The number of ether oxygens (including phenoxy) is 2. The van der Waals surface area contributed by atoms with Crippen LogP contribution in [0.3, 0.4) is 0 Å². The molecular formula is C17H12Cl2NNaO4. The number of anilines is 1. The monoisotopic (exact) mass is 387 g/mol. The molecule has 3 unspecified atom stereocenters. The van der Waals surface area contributed by atoms with Gasteiger partial charge in [0.1, 0.15) is 12.1 Å². The zero-order chi connectivity index (χ0) is 17.0. The number of methoxy groups -OCH3 is 1. The number of benzene rings is 2. The Kier molecular flexibility index (Phi) is 5.15. The Labute approximate surface area is 176 Å². The van der Waals surface area contributed by atoms with E-state index >= 15 is 0 Å². The third kappa shape index (κ3) is 2.88. The van der Waals surface area contributed by atoms with Gasteiger partial charge in [-0.05, 0) is 18.2 Å². The zero-order valence-corrected chi connectivity index (χ0v) is 17.0. The first kappa shape index (κ1) is 18.7. The van der Waals surface area contributed by atoms with Crippen LogP contribution in [0.4, 0.5) is 5.69 Å². The van der Waals surface area contributed by atoms with E-state index in [-0.39, 0.29) is 35.5 Å². The van der Waals surface area contributed by atoms with Crippen LogP contribution in [-0.4, -0.2) is 25.2 Å². The van der Waals surface area contributed by atoms with Gasteiger partial charge in [0.15, 0.2) is 11.5 Å². The Balaban J connectivity index is 0.00000182. The first-order valence-electron chi connectivity index (χ1n) is 7.31. The Morgan fingerprint density at radius 2 is 2.08 bits per heavy atom. The van der Waals surface area contributed by atoms with E-state index in [1.807, 2.05) is 12.1 Å². The van der Waals surface area contributed by atoms with Crippen molar-refractivity contribution in [2.24, 2.45) is 0 Å². The van der Waals surface area contributed by atoms with Crippen LogP contribution >= 0.6 is 23.2 Å². The summed E-state index contributed by atoms with van der Waals surface area (Å²) in [5.74, 6) is -0.523. The van der Waals surface area contributed by atoms with Crippen LogP contribution in [0.15, 0.2) is 30.3 Å². The van der Waals surface area contributed by atoms with Gasteiger partial charge in [0.2, 0.25) is 0 Å². The van der Waals surface area contributed by atoms with Crippen molar-refractivity contribution in [3.8, 4) is 11.5 Å². The van der Waals surface area contributed by atoms with Gasteiger partial charge in [-0.15, -0.1) is 0 Å². The number of carboxylic acid groups (broad SMARTS) is 1. The normalized spacial score (nSPS) is 22.4. The summed E-state index contributed by atoms with van der Waals surface area (Å²) in [5, 5.41) is 15.4. The number of carbonyl (C=O) groups excluding carboxylic acids is 1. The van der Waals surface area contributed by atoms with Gasteiger partial charge in [0, 0.05) is 26.9 Å². The Morgan fingerprint density at radius 3 is 2.76 bits per heavy atom. The third-order valence-electron chi connectivity index (χ3n) is 4.45. The summed E-state index contributed by atoms with van der Waals surface area (Å²) in [6.07, 6.45) is -0.688. The SMILES string of the molecule is COc1cccc2c1OC1C(C(=O)[O-])Nc3cc(Cl)cc(Cl)c3C21.[Na+]. The largest absolute Gasteiger partial charge is 1.00 e. The zero-order valence-electron chi connectivity index (χ0n) is 13.5.